The lowest BCUT2D eigenvalue weighted by atomic mass is 10.1. The van der Waals surface area contributed by atoms with Crippen LogP contribution < -0.4 is 10.6 Å². The first-order valence-corrected chi connectivity index (χ1v) is 5.67. The van der Waals surface area contributed by atoms with E-state index in [1.165, 1.54) is 0 Å². The molecule has 0 aliphatic carbocycles. The molecule has 4 nitrogen and oxygen atoms in total. The smallest absolute Gasteiger partial charge is 0.239 e. The lowest BCUT2D eigenvalue weighted by Crippen LogP contribution is -2.33. The van der Waals surface area contributed by atoms with Crippen molar-refractivity contribution < 1.29 is 4.79 Å². The highest BCUT2D eigenvalue weighted by molar-refractivity contribution is 8.14. The Morgan fingerprint density at radius 1 is 1.71 bits per heavy atom. The number of hydrogen-bond acceptors (Lipinski definition) is 4. The number of nitrogens with zero attached hydrogens (tertiary/aromatic N) is 1. The number of amides is 1. The second-order valence-corrected chi connectivity index (χ2v) is 4.80. The minimum Gasteiger partial charge on any atom is -0.358 e. The lowest BCUT2D eigenvalue weighted by Gasteiger charge is -2.11. The molecule has 0 saturated heterocycles. The molecule has 80 valence electrons. The van der Waals surface area contributed by atoms with E-state index in [0.29, 0.717) is 17.7 Å². The van der Waals surface area contributed by atoms with Gasteiger partial charge in [-0.05, 0) is 5.92 Å². The molecule has 1 rings (SSSR count). The van der Waals surface area contributed by atoms with Crippen molar-refractivity contribution in [3.63, 3.8) is 0 Å². The van der Waals surface area contributed by atoms with Crippen molar-refractivity contribution in [2.45, 2.75) is 19.1 Å². The maximum atomic E-state index is 10.9. The molecule has 0 saturated carbocycles. The molecule has 0 spiro atoms. The third-order valence-corrected chi connectivity index (χ3v) is 3.59. The van der Waals surface area contributed by atoms with Gasteiger partial charge in [0.15, 0.2) is 5.17 Å². The van der Waals surface area contributed by atoms with Crippen molar-refractivity contribution in [2.75, 3.05) is 20.1 Å². The first-order valence-electron chi connectivity index (χ1n) is 4.79. The molecule has 14 heavy (non-hydrogen) atoms. The number of amidine groups is 1. The summed E-state index contributed by atoms with van der Waals surface area (Å²) in [5, 5.41) is 7.03. The number of rotatable bonds is 3. The molecular weight excluding hydrogens is 198 g/mol. The van der Waals surface area contributed by atoms with E-state index in [-0.39, 0.29) is 5.91 Å². The Balaban J connectivity index is 2.25. The normalized spacial score (nSPS) is 20.9. The van der Waals surface area contributed by atoms with Crippen LogP contribution in [0, 0.1) is 5.92 Å². The predicted octanol–water partition coefficient (Wildman–Crippen LogP) is 0.449. The van der Waals surface area contributed by atoms with Crippen LogP contribution in [0.4, 0.5) is 0 Å². The molecule has 1 amide bonds. The summed E-state index contributed by atoms with van der Waals surface area (Å²) in [5.74, 6) is 0.615. The Kier molecular flexibility index (Phi) is 4.25. The summed E-state index contributed by atoms with van der Waals surface area (Å²) in [6.07, 6.45) is 0. The minimum atomic E-state index is -0.0127. The molecule has 1 atom stereocenters. The van der Waals surface area contributed by atoms with Crippen LogP contribution >= 0.6 is 11.8 Å². The Morgan fingerprint density at radius 2 is 2.43 bits per heavy atom. The van der Waals surface area contributed by atoms with Gasteiger partial charge < -0.3 is 10.6 Å². The molecular formula is C9H17N3OS. The van der Waals surface area contributed by atoms with E-state index >= 15 is 0 Å². The van der Waals surface area contributed by atoms with E-state index in [9.17, 15) is 4.79 Å². The summed E-state index contributed by atoms with van der Waals surface area (Å²) in [7, 11) is 1.63. The highest BCUT2D eigenvalue weighted by Gasteiger charge is 2.22. The van der Waals surface area contributed by atoms with Crippen LogP contribution in [-0.4, -0.2) is 36.5 Å². The van der Waals surface area contributed by atoms with Gasteiger partial charge in [0.2, 0.25) is 5.91 Å². The number of carbonyl (C=O) groups is 1. The number of nitrogens with one attached hydrogen (secondary N) is 2. The SMILES string of the molecule is CNC(=O)CNC1=NCC(C(C)C)S1. The maximum absolute atomic E-state index is 10.9. The molecule has 1 aliphatic heterocycles. The van der Waals surface area contributed by atoms with Gasteiger partial charge in [-0.2, -0.15) is 0 Å². The summed E-state index contributed by atoms with van der Waals surface area (Å²) in [4.78, 5) is 15.3. The van der Waals surface area contributed by atoms with Gasteiger partial charge in [-0.3, -0.25) is 9.79 Å². The maximum Gasteiger partial charge on any atom is 0.239 e. The van der Waals surface area contributed by atoms with E-state index < -0.39 is 0 Å². The van der Waals surface area contributed by atoms with Gasteiger partial charge in [0.05, 0.1) is 13.1 Å². The zero-order valence-electron chi connectivity index (χ0n) is 8.83. The molecule has 0 aromatic carbocycles. The van der Waals surface area contributed by atoms with Crippen molar-refractivity contribution in [2.24, 2.45) is 10.9 Å². The topological polar surface area (TPSA) is 53.5 Å². The summed E-state index contributed by atoms with van der Waals surface area (Å²) in [6.45, 7) is 5.55. The predicted molar refractivity (Wildman–Crippen MR) is 60.6 cm³/mol. The van der Waals surface area contributed by atoms with Crippen molar-refractivity contribution in [1.82, 2.24) is 10.6 Å². The molecule has 0 bridgehead atoms. The molecule has 0 fully saturated rings. The van der Waals surface area contributed by atoms with Crippen LogP contribution in [-0.2, 0) is 4.79 Å². The van der Waals surface area contributed by atoms with Gasteiger partial charge in [0.25, 0.3) is 0 Å². The first-order chi connectivity index (χ1) is 6.63. The van der Waals surface area contributed by atoms with Crippen molar-refractivity contribution >= 4 is 22.8 Å². The molecule has 5 heteroatoms. The van der Waals surface area contributed by atoms with Crippen LogP contribution in [0.2, 0.25) is 0 Å². The van der Waals surface area contributed by atoms with E-state index in [1.807, 2.05) is 0 Å². The van der Waals surface area contributed by atoms with E-state index in [2.05, 4.69) is 29.5 Å². The van der Waals surface area contributed by atoms with E-state index in [1.54, 1.807) is 18.8 Å². The Hall–Kier alpha value is -0.710. The monoisotopic (exact) mass is 215 g/mol. The third-order valence-electron chi connectivity index (χ3n) is 2.10. The highest BCUT2D eigenvalue weighted by atomic mass is 32.2. The van der Waals surface area contributed by atoms with Crippen LogP contribution in [0.15, 0.2) is 4.99 Å². The standard InChI is InChI=1S/C9H17N3OS/c1-6(2)7-4-11-9(14-7)12-5-8(13)10-3/h6-7H,4-5H2,1-3H3,(H,10,13)(H,11,12). The van der Waals surface area contributed by atoms with Crippen molar-refractivity contribution in [3.8, 4) is 0 Å². The minimum absolute atomic E-state index is 0.0127. The summed E-state index contributed by atoms with van der Waals surface area (Å²) < 4.78 is 0. The number of likely N-dealkylation sites (N-methyl/N-ethyl adjacent to an activating group) is 1. The number of thioether (sulfide) groups is 1. The van der Waals surface area contributed by atoms with Crippen LogP contribution in [0.1, 0.15) is 13.8 Å². The number of carbonyl (C=O) groups excluding carboxylic acids is 1. The number of aliphatic imine (C=N–C) groups is 1. The molecule has 0 radical (unpaired) electrons. The molecule has 2 N–H and O–H groups in total. The Labute approximate surface area is 88.9 Å². The summed E-state index contributed by atoms with van der Waals surface area (Å²) in [6, 6.07) is 0. The molecule has 1 heterocycles. The summed E-state index contributed by atoms with van der Waals surface area (Å²) >= 11 is 1.73. The second-order valence-electron chi connectivity index (χ2n) is 3.57. The Bertz CT molecular complexity index is 240. The highest BCUT2D eigenvalue weighted by Crippen LogP contribution is 2.25. The van der Waals surface area contributed by atoms with Gasteiger partial charge in [0.1, 0.15) is 0 Å². The Morgan fingerprint density at radius 3 is 2.93 bits per heavy atom. The second kappa shape index (κ2) is 5.24. The zero-order valence-corrected chi connectivity index (χ0v) is 9.65. The van der Waals surface area contributed by atoms with Gasteiger partial charge in [-0.1, -0.05) is 25.6 Å². The van der Waals surface area contributed by atoms with E-state index in [4.69, 9.17) is 0 Å². The van der Waals surface area contributed by atoms with Crippen LogP contribution in [0.5, 0.6) is 0 Å². The van der Waals surface area contributed by atoms with Crippen LogP contribution in [0.25, 0.3) is 0 Å². The summed E-state index contributed by atoms with van der Waals surface area (Å²) in [5.41, 5.74) is 0. The molecule has 0 aromatic rings. The van der Waals surface area contributed by atoms with Gasteiger partial charge in [0, 0.05) is 12.3 Å². The van der Waals surface area contributed by atoms with Gasteiger partial charge >= 0.3 is 0 Å². The van der Waals surface area contributed by atoms with Crippen LogP contribution in [0.3, 0.4) is 0 Å². The largest absolute Gasteiger partial charge is 0.358 e. The molecule has 1 unspecified atom stereocenters. The molecule has 1 aliphatic rings. The fraction of sp³-hybridized carbons (Fsp3) is 0.778. The fourth-order valence-electron chi connectivity index (χ4n) is 1.08. The molecule has 0 aromatic heterocycles. The average molecular weight is 215 g/mol. The quantitative estimate of drug-likeness (QED) is 0.718. The van der Waals surface area contributed by atoms with Gasteiger partial charge in [-0.25, -0.2) is 0 Å². The van der Waals surface area contributed by atoms with Crippen molar-refractivity contribution in [1.29, 1.82) is 0 Å². The first kappa shape index (κ1) is 11.4. The lowest BCUT2D eigenvalue weighted by molar-refractivity contribution is -0.119. The van der Waals surface area contributed by atoms with Gasteiger partial charge in [-0.15, -0.1) is 0 Å². The average Bonchev–Trinajstić information content (AvgIpc) is 2.62. The van der Waals surface area contributed by atoms with E-state index in [0.717, 1.165) is 11.7 Å². The zero-order chi connectivity index (χ0) is 10.6. The van der Waals surface area contributed by atoms with Crippen molar-refractivity contribution in [3.05, 3.63) is 0 Å². The third kappa shape index (κ3) is 3.21. The number of hydrogen-bond donors (Lipinski definition) is 2. The fourth-order valence-corrected chi connectivity index (χ4v) is 2.09.